The fraction of sp³-hybridized carbons (Fsp3) is 0.133. The van der Waals surface area contributed by atoms with Crippen molar-refractivity contribution in [3.63, 3.8) is 0 Å². The Morgan fingerprint density at radius 3 is 2.83 bits per heavy atom. The number of hydrogen-bond acceptors (Lipinski definition) is 5. The number of benzene rings is 1. The van der Waals surface area contributed by atoms with E-state index in [9.17, 15) is 18.4 Å². The number of carboxylic acid groups (broad SMARTS) is 1. The number of aromatic carboxylic acids is 1. The maximum absolute atomic E-state index is 13.6. The second-order valence-electron chi connectivity index (χ2n) is 5.03. The number of nitrogens with one attached hydrogen (secondary N) is 1. The predicted octanol–water partition coefficient (Wildman–Crippen LogP) is 2.49. The molecule has 0 saturated carbocycles. The fourth-order valence-electron chi connectivity index (χ4n) is 2.28. The molecule has 0 spiro atoms. The molecule has 0 radical (unpaired) electrons. The SMILES string of the molecule is Cc1c(C(=O)O)sc2ncn(NCc3ccc(F)cc3F)c(=O)c12. The normalized spacial score (nSPS) is 11.0. The number of halogens is 2. The number of carboxylic acids is 1. The quantitative estimate of drug-likeness (QED) is 0.754. The van der Waals surface area contributed by atoms with Crippen molar-refractivity contribution in [3.05, 3.63) is 62.5 Å². The number of nitrogens with zero attached hydrogens (tertiary/aromatic N) is 2. The van der Waals surface area contributed by atoms with Gasteiger partial charge in [0.1, 0.15) is 27.7 Å². The van der Waals surface area contributed by atoms with Crippen LogP contribution in [0.25, 0.3) is 10.2 Å². The third kappa shape index (κ3) is 2.73. The van der Waals surface area contributed by atoms with Gasteiger partial charge in [-0.2, -0.15) is 0 Å². The van der Waals surface area contributed by atoms with Crippen molar-refractivity contribution < 1.29 is 18.7 Å². The van der Waals surface area contributed by atoms with Crippen LogP contribution in [0.4, 0.5) is 8.78 Å². The maximum atomic E-state index is 13.6. The third-order valence-corrected chi connectivity index (χ3v) is 4.69. The van der Waals surface area contributed by atoms with E-state index in [-0.39, 0.29) is 22.4 Å². The molecule has 0 aliphatic heterocycles. The van der Waals surface area contributed by atoms with Gasteiger partial charge in [-0.05, 0) is 18.6 Å². The molecule has 3 aromatic rings. The van der Waals surface area contributed by atoms with Gasteiger partial charge in [0.15, 0.2) is 0 Å². The molecule has 1 aromatic carbocycles. The maximum Gasteiger partial charge on any atom is 0.346 e. The number of carbonyl (C=O) groups is 1. The number of hydrogen-bond donors (Lipinski definition) is 2. The van der Waals surface area contributed by atoms with Crippen LogP contribution < -0.4 is 11.0 Å². The highest BCUT2D eigenvalue weighted by molar-refractivity contribution is 7.20. The van der Waals surface area contributed by atoms with Gasteiger partial charge in [-0.15, -0.1) is 11.3 Å². The van der Waals surface area contributed by atoms with Crippen LogP contribution in [0.3, 0.4) is 0 Å². The summed E-state index contributed by atoms with van der Waals surface area (Å²) in [6.45, 7) is 1.48. The van der Waals surface area contributed by atoms with Gasteiger partial charge in [-0.1, -0.05) is 6.07 Å². The van der Waals surface area contributed by atoms with Crippen molar-refractivity contribution in [2.24, 2.45) is 0 Å². The number of fused-ring (bicyclic) bond motifs is 1. The molecule has 0 atom stereocenters. The molecule has 2 heterocycles. The Morgan fingerprint density at radius 1 is 1.42 bits per heavy atom. The van der Waals surface area contributed by atoms with E-state index in [1.165, 1.54) is 19.3 Å². The van der Waals surface area contributed by atoms with E-state index in [1.54, 1.807) is 0 Å². The molecular weight excluding hydrogens is 340 g/mol. The second-order valence-corrected chi connectivity index (χ2v) is 6.03. The second kappa shape index (κ2) is 6.00. The molecule has 0 unspecified atom stereocenters. The molecule has 9 heteroatoms. The first-order chi connectivity index (χ1) is 11.4. The lowest BCUT2D eigenvalue weighted by molar-refractivity contribution is 0.0701. The molecule has 2 N–H and O–H groups in total. The van der Waals surface area contributed by atoms with E-state index in [0.717, 1.165) is 28.1 Å². The summed E-state index contributed by atoms with van der Waals surface area (Å²) in [5.41, 5.74) is 2.72. The molecule has 0 amide bonds. The van der Waals surface area contributed by atoms with E-state index in [2.05, 4.69) is 10.4 Å². The lowest BCUT2D eigenvalue weighted by Gasteiger charge is -2.09. The molecule has 6 nitrogen and oxygen atoms in total. The van der Waals surface area contributed by atoms with Crippen LogP contribution in [0.2, 0.25) is 0 Å². The molecule has 124 valence electrons. The lowest BCUT2D eigenvalue weighted by Crippen LogP contribution is -2.29. The van der Waals surface area contributed by atoms with Crippen LogP contribution in [-0.2, 0) is 6.54 Å². The highest BCUT2D eigenvalue weighted by Gasteiger charge is 2.18. The largest absolute Gasteiger partial charge is 0.477 e. The summed E-state index contributed by atoms with van der Waals surface area (Å²) in [5.74, 6) is -2.54. The van der Waals surface area contributed by atoms with Crippen molar-refractivity contribution in [2.75, 3.05) is 5.43 Å². The summed E-state index contributed by atoms with van der Waals surface area (Å²) >= 11 is 0.920. The van der Waals surface area contributed by atoms with Crippen molar-refractivity contribution in [2.45, 2.75) is 13.5 Å². The van der Waals surface area contributed by atoms with Crippen LogP contribution in [0.15, 0.2) is 29.3 Å². The van der Waals surface area contributed by atoms with Crippen LogP contribution in [0.5, 0.6) is 0 Å². The Morgan fingerprint density at radius 2 is 2.17 bits per heavy atom. The molecule has 0 saturated heterocycles. The van der Waals surface area contributed by atoms with Crippen LogP contribution in [0, 0.1) is 18.6 Å². The first kappa shape index (κ1) is 16.1. The molecule has 0 bridgehead atoms. The Kier molecular flexibility index (Phi) is 4.02. The summed E-state index contributed by atoms with van der Waals surface area (Å²) in [5, 5.41) is 9.32. The first-order valence-corrected chi connectivity index (χ1v) is 7.62. The van der Waals surface area contributed by atoms with Crippen molar-refractivity contribution in [1.29, 1.82) is 0 Å². The molecule has 2 aromatic heterocycles. The summed E-state index contributed by atoms with van der Waals surface area (Å²) in [6, 6.07) is 3.14. The standard InChI is InChI=1S/C15H11F2N3O3S/c1-7-11-13(24-12(7)15(22)23)18-6-20(14(11)21)19-5-8-2-3-9(16)4-10(8)17/h2-4,6,19H,5H2,1H3,(H,22,23). The molecular formula is C15H11F2N3O3S. The topological polar surface area (TPSA) is 84.2 Å². The average molecular weight is 351 g/mol. The van der Waals surface area contributed by atoms with Gasteiger partial charge < -0.3 is 10.5 Å². The molecule has 3 rings (SSSR count). The Hall–Kier alpha value is -2.81. The summed E-state index contributed by atoms with van der Waals surface area (Å²) in [4.78, 5) is 28.0. The minimum atomic E-state index is -1.12. The van der Waals surface area contributed by atoms with Crippen LogP contribution >= 0.6 is 11.3 Å². The number of rotatable bonds is 4. The Bertz CT molecular complexity index is 1010. The average Bonchev–Trinajstić information content (AvgIpc) is 2.86. The predicted molar refractivity (Wildman–Crippen MR) is 85.0 cm³/mol. The monoisotopic (exact) mass is 351 g/mol. The van der Waals surface area contributed by atoms with Gasteiger partial charge >= 0.3 is 5.97 Å². The van der Waals surface area contributed by atoms with Crippen molar-refractivity contribution >= 4 is 27.5 Å². The third-order valence-electron chi connectivity index (χ3n) is 3.50. The summed E-state index contributed by atoms with van der Waals surface area (Å²) < 4.78 is 27.6. The number of aromatic nitrogens is 2. The lowest BCUT2D eigenvalue weighted by atomic mass is 10.2. The van der Waals surface area contributed by atoms with Crippen molar-refractivity contribution in [1.82, 2.24) is 9.66 Å². The molecule has 0 aliphatic rings. The van der Waals surface area contributed by atoms with Gasteiger partial charge in [0, 0.05) is 11.6 Å². The van der Waals surface area contributed by atoms with Gasteiger partial charge in [0.05, 0.1) is 11.9 Å². The molecule has 0 fully saturated rings. The van der Waals surface area contributed by atoms with E-state index in [0.29, 0.717) is 10.4 Å². The minimum absolute atomic E-state index is 0.0527. The zero-order valence-corrected chi connectivity index (χ0v) is 13.2. The number of thiophene rings is 1. The van der Waals surface area contributed by atoms with E-state index >= 15 is 0 Å². The Labute approximate surface area is 138 Å². The van der Waals surface area contributed by atoms with Gasteiger partial charge in [-0.3, -0.25) is 4.79 Å². The zero-order valence-electron chi connectivity index (χ0n) is 12.3. The van der Waals surface area contributed by atoms with Gasteiger partial charge in [-0.25, -0.2) is 23.2 Å². The summed E-state index contributed by atoms with van der Waals surface area (Å²) in [7, 11) is 0. The van der Waals surface area contributed by atoms with Crippen molar-refractivity contribution in [3.8, 4) is 0 Å². The van der Waals surface area contributed by atoms with Gasteiger partial charge in [0.25, 0.3) is 5.56 Å². The molecule has 24 heavy (non-hydrogen) atoms. The van der Waals surface area contributed by atoms with E-state index in [1.807, 2.05) is 0 Å². The minimum Gasteiger partial charge on any atom is -0.477 e. The fourth-order valence-corrected chi connectivity index (χ4v) is 3.25. The smallest absolute Gasteiger partial charge is 0.346 e. The van der Waals surface area contributed by atoms with Crippen LogP contribution in [0.1, 0.15) is 20.8 Å². The Balaban J connectivity index is 1.96. The molecule has 0 aliphatic carbocycles. The van der Waals surface area contributed by atoms with Crippen LogP contribution in [-0.4, -0.2) is 20.7 Å². The van der Waals surface area contributed by atoms with E-state index < -0.39 is 23.2 Å². The highest BCUT2D eigenvalue weighted by Crippen LogP contribution is 2.26. The van der Waals surface area contributed by atoms with E-state index in [4.69, 9.17) is 5.11 Å². The number of aryl methyl sites for hydroxylation is 1. The zero-order chi connectivity index (χ0) is 17.4. The van der Waals surface area contributed by atoms with Gasteiger partial charge in [0.2, 0.25) is 0 Å². The summed E-state index contributed by atoms with van der Waals surface area (Å²) in [6.07, 6.45) is 1.20. The highest BCUT2D eigenvalue weighted by atomic mass is 32.1. The first-order valence-electron chi connectivity index (χ1n) is 6.80.